The summed E-state index contributed by atoms with van der Waals surface area (Å²) in [5.41, 5.74) is 2.44. The van der Waals surface area contributed by atoms with Crippen LogP contribution in [0, 0.1) is 0 Å². The minimum absolute atomic E-state index is 0.0137. The van der Waals surface area contributed by atoms with E-state index < -0.39 is 29.6 Å². The Bertz CT molecular complexity index is 1660. The lowest BCUT2D eigenvalue weighted by Gasteiger charge is -2.39. The van der Waals surface area contributed by atoms with Gasteiger partial charge in [-0.15, -0.1) is 0 Å². The first-order chi connectivity index (χ1) is 24.5. The summed E-state index contributed by atoms with van der Waals surface area (Å²) in [5.74, 6) is -1.87. The quantitative estimate of drug-likeness (QED) is 0.0625. The topological polar surface area (TPSA) is 78.9 Å². The summed E-state index contributed by atoms with van der Waals surface area (Å²) >= 11 is 0. The van der Waals surface area contributed by atoms with Gasteiger partial charge in [0.05, 0.1) is 22.3 Å². The number of quaternary nitrogens is 1. The summed E-state index contributed by atoms with van der Waals surface area (Å²) in [6.07, 6.45) is 0.244. The van der Waals surface area contributed by atoms with Gasteiger partial charge in [0, 0.05) is 5.56 Å². The van der Waals surface area contributed by atoms with Crippen molar-refractivity contribution >= 4 is 36.1 Å². The summed E-state index contributed by atoms with van der Waals surface area (Å²) in [4.78, 5) is 38.8. The van der Waals surface area contributed by atoms with E-state index >= 15 is 0 Å². The van der Waals surface area contributed by atoms with Gasteiger partial charge in [-0.2, -0.15) is 13.2 Å². The van der Waals surface area contributed by atoms with Crippen molar-refractivity contribution in [3.8, 4) is 0 Å². The average molecular weight is 699 g/mol. The maximum absolute atomic E-state index is 14.2. The van der Waals surface area contributed by atoms with Gasteiger partial charge >= 0.3 is 24.1 Å². The fourth-order valence-electron chi connectivity index (χ4n) is 5.38. The molecule has 4 rings (SSSR count). The number of carbonyl (C=O) groups is 3. The van der Waals surface area contributed by atoms with E-state index in [2.05, 4.69) is 19.7 Å². The van der Waals surface area contributed by atoms with Crippen LogP contribution in [0.1, 0.15) is 58.9 Å². The second-order valence-corrected chi connectivity index (χ2v) is 11.7. The molecule has 0 saturated carbocycles. The number of esters is 3. The van der Waals surface area contributed by atoms with E-state index in [1.54, 1.807) is 91.0 Å². The highest BCUT2D eigenvalue weighted by molar-refractivity contribution is 5.90. The lowest BCUT2D eigenvalue weighted by atomic mass is 10.0. The zero-order valence-electron chi connectivity index (χ0n) is 28.1. The van der Waals surface area contributed by atoms with Crippen LogP contribution in [-0.4, -0.2) is 61.8 Å². The Morgan fingerprint density at radius 1 is 0.549 bits per heavy atom. The summed E-state index contributed by atoms with van der Waals surface area (Å²) in [6.45, 7) is 10.4. The largest absolute Gasteiger partial charge is 0.456 e. The molecule has 0 aliphatic rings. The van der Waals surface area contributed by atoms with Crippen molar-refractivity contribution in [1.82, 2.24) is 0 Å². The molecule has 10 heteroatoms. The highest BCUT2D eigenvalue weighted by atomic mass is 19.4. The molecule has 0 aromatic heterocycles. The molecule has 4 aromatic rings. The Labute approximate surface area is 295 Å². The Morgan fingerprint density at radius 3 is 1.20 bits per heavy atom. The van der Waals surface area contributed by atoms with Crippen LogP contribution in [0.2, 0.25) is 0 Å². The molecule has 51 heavy (non-hydrogen) atoms. The Morgan fingerprint density at radius 2 is 0.882 bits per heavy atom. The highest BCUT2D eigenvalue weighted by Gasteiger charge is 2.37. The molecular weight excluding hydrogens is 659 g/mol. The standard InChI is InChI=1S/C41H39F3NO6/c1-4-30-11-17-33(18-12-30)38(46)49-26-23-45(29-36-9-7-8-10-37(36)41(42,43)44,24-27-50-39(47)34-19-13-31(5-2)14-20-34)25-28-51-40(48)35-21-15-32(6-3)16-22-35/h4-22H,1-3,23-29H2/q+1. The van der Waals surface area contributed by atoms with Gasteiger partial charge < -0.3 is 18.7 Å². The molecule has 0 saturated heterocycles. The number of halogens is 3. The second kappa shape index (κ2) is 17.8. The van der Waals surface area contributed by atoms with Gasteiger partial charge in [0.15, 0.2) is 0 Å². The molecule has 0 unspecified atom stereocenters. The summed E-state index contributed by atoms with van der Waals surface area (Å²) < 4.78 is 59.2. The molecule has 264 valence electrons. The summed E-state index contributed by atoms with van der Waals surface area (Å²) in [6, 6.07) is 24.9. The lowest BCUT2D eigenvalue weighted by molar-refractivity contribution is -0.941. The maximum atomic E-state index is 14.2. The third-order valence-electron chi connectivity index (χ3n) is 8.37. The summed E-state index contributed by atoms with van der Waals surface area (Å²) in [5, 5.41) is 0. The van der Waals surface area contributed by atoms with Crippen molar-refractivity contribution in [1.29, 1.82) is 0 Å². The van der Waals surface area contributed by atoms with Crippen molar-refractivity contribution in [2.45, 2.75) is 12.7 Å². The van der Waals surface area contributed by atoms with Gasteiger partial charge in [-0.25, -0.2) is 14.4 Å². The van der Waals surface area contributed by atoms with E-state index in [9.17, 15) is 27.6 Å². The normalized spacial score (nSPS) is 11.3. The average Bonchev–Trinajstić information content (AvgIpc) is 3.14. The van der Waals surface area contributed by atoms with E-state index in [0.29, 0.717) is 0 Å². The molecule has 0 aliphatic carbocycles. The Balaban J connectivity index is 1.60. The molecular formula is C41H39F3NO6+. The first kappa shape index (κ1) is 38.1. The van der Waals surface area contributed by atoms with Crippen LogP contribution in [0.3, 0.4) is 0 Å². The monoisotopic (exact) mass is 698 g/mol. The van der Waals surface area contributed by atoms with Gasteiger partial charge in [-0.3, -0.25) is 0 Å². The number of nitrogens with zero attached hydrogens (tertiary/aromatic N) is 1. The first-order valence-electron chi connectivity index (χ1n) is 16.2. The molecule has 0 bridgehead atoms. The van der Waals surface area contributed by atoms with Crippen molar-refractivity contribution in [2.24, 2.45) is 0 Å². The number of hydrogen-bond donors (Lipinski definition) is 0. The van der Waals surface area contributed by atoms with Gasteiger partial charge in [0.25, 0.3) is 0 Å². The minimum Gasteiger partial charge on any atom is -0.456 e. The van der Waals surface area contributed by atoms with Gasteiger partial charge in [-0.05, 0) is 59.2 Å². The van der Waals surface area contributed by atoms with Crippen LogP contribution in [0.4, 0.5) is 13.2 Å². The predicted molar refractivity (Wildman–Crippen MR) is 190 cm³/mol. The molecule has 0 spiro atoms. The van der Waals surface area contributed by atoms with Crippen LogP contribution < -0.4 is 0 Å². The minimum atomic E-state index is -4.65. The van der Waals surface area contributed by atoms with E-state index in [-0.39, 0.29) is 72.7 Å². The lowest BCUT2D eigenvalue weighted by Crippen LogP contribution is -2.53. The smallest absolute Gasteiger partial charge is 0.416 e. The number of ether oxygens (including phenoxy) is 3. The number of alkyl halides is 3. The van der Waals surface area contributed by atoms with Crippen LogP contribution in [0.25, 0.3) is 18.2 Å². The summed E-state index contributed by atoms with van der Waals surface area (Å²) in [7, 11) is 0. The molecule has 0 atom stereocenters. The van der Waals surface area contributed by atoms with Crippen molar-refractivity contribution in [3.63, 3.8) is 0 Å². The highest BCUT2D eigenvalue weighted by Crippen LogP contribution is 2.33. The van der Waals surface area contributed by atoms with E-state index in [0.717, 1.165) is 22.8 Å². The van der Waals surface area contributed by atoms with Crippen LogP contribution >= 0.6 is 0 Å². The molecule has 0 fully saturated rings. The molecule has 0 amide bonds. The van der Waals surface area contributed by atoms with Gasteiger partial charge in [-0.1, -0.05) is 92.6 Å². The molecule has 4 aromatic carbocycles. The van der Waals surface area contributed by atoms with E-state index in [4.69, 9.17) is 14.2 Å². The fourth-order valence-corrected chi connectivity index (χ4v) is 5.38. The zero-order chi connectivity index (χ0) is 36.9. The third-order valence-corrected chi connectivity index (χ3v) is 8.37. The van der Waals surface area contributed by atoms with E-state index in [1.807, 2.05) is 0 Å². The SMILES string of the molecule is C=Cc1ccc(C(=O)OCC[N+](CCOC(=O)c2ccc(C=C)cc2)(CCOC(=O)c2ccc(C=C)cc2)Cc2ccccc2C(F)(F)F)cc1. The molecule has 7 nitrogen and oxygen atoms in total. The van der Waals surface area contributed by atoms with E-state index in [1.165, 1.54) is 18.2 Å². The number of benzene rings is 4. The fraction of sp³-hybridized carbons (Fsp3) is 0.195. The van der Waals surface area contributed by atoms with Crippen molar-refractivity contribution < 1.29 is 46.2 Å². The van der Waals surface area contributed by atoms with Crippen molar-refractivity contribution in [3.05, 3.63) is 161 Å². The van der Waals surface area contributed by atoms with Crippen LogP contribution in [-0.2, 0) is 26.9 Å². The number of rotatable bonds is 17. The molecule has 0 radical (unpaired) electrons. The van der Waals surface area contributed by atoms with Crippen LogP contribution in [0.15, 0.2) is 117 Å². The van der Waals surface area contributed by atoms with Gasteiger partial charge in [0.1, 0.15) is 46.0 Å². The van der Waals surface area contributed by atoms with Crippen LogP contribution in [0.5, 0.6) is 0 Å². The molecule has 0 aliphatic heterocycles. The molecule has 0 N–H and O–H groups in total. The Hall–Kier alpha value is -5.74. The zero-order valence-corrected chi connectivity index (χ0v) is 28.1. The predicted octanol–water partition coefficient (Wildman–Crippen LogP) is 8.52. The van der Waals surface area contributed by atoms with Gasteiger partial charge in [0.2, 0.25) is 0 Å². The Kier molecular flexibility index (Phi) is 13.3. The number of hydrogen-bond acceptors (Lipinski definition) is 6. The third kappa shape index (κ3) is 10.9. The first-order valence-corrected chi connectivity index (χ1v) is 16.2. The molecule has 0 heterocycles. The second-order valence-electron chi connectivity index (χ2n) is 11.7. The van der Waals surface area contributed by atoms with Crippen molar-refractivity contribution in [2.75, 3.05) is 39.5 Å². The maximum Gasteiger partial charge on any atom is 0.416 e. The number of carbonyl (C=O) groups excluding carboxylic acids is 3.